The number of hydrogen-bond donors (Lipinski definition) is 0. The number of halogens is 1. The lowest BCUT2D eigenvalue weighted by Gasteiger charge is -2.31. The summed E-state index contributed by atoms with van der Waals surface area (Å²) in [7, 11) is 1.39. The van der Waals surface area contributed by atoms with Gasteiger partial charge < -0.3 is 14.2 Å². The van der Waals surface area contributed by atoms with Crippen molar-refractivity contribution < 1.29 is 14.3 Å². The first kappa shape index (κ1) is 14.4. The van der Waals surface area contributed by atoms with E-state index < -0.39 is 0 Å². The SMILES string of the molecule is COC(=O)[C@H]1CCCN(C(=O)c2cc(Cl)cn2C2CC2)C1. The highest BCUT2D eigenvalue weighted by Gasteiger charge is 2.33. The summed E-state index contributed by atoms with van der Waals surface area (Å²) >= 11 is 6.06. The second kappa shape index (κ2) is 5.72. The monoisotopic (exact) mass is 310 g/mol. The molecule has 21 heavy (non-hydrogen) atoms. The summed E-state index contributed by atoms with van der Waals surface area (Å²) in [6.07, 6.45) is 5.62. The third-order valence-corrected chi connectivity index (χ3v) is 4.42. The summed E-state index contributed by atoms with van der Waals surface area (Å²) in [4.78, 5) is 26.1. The number of amides is 1. The van der Waals surface area contributed by atoms with Gasteiger partial charge in [-0.1, -0.05) is 11.6 Å². The first-order chi connectivity index (χ1) is 10.1. The van der Waals surface area contributed by atoms with Crippen molar-refractivity contribution in [2.24, 2.45) is 5.92 Å². The number of methoxy groups -OCH3 is 1. The summed E-state index contributed by atoms with van der Waals surface area (Å²) in [5.41, 5.74) is 0.632. The first-order valence-corrected chi connectivity index (χ1v) is 7.72. The Kier molecular flexibility index (Phi) is 3.93. The van der Waals surface area contributed by atoms with E-state index >= 15 is 0 Å². The van der Waals surface area contributed by atoms with Crippen LogP contribution in [0.4, 0.5) is 0 Å². The normalized spacial score (nSPS) is 22.2. The van der Waals surface area contributed by atoms with Crippen LogP contribution in [0.3, 0.4) is 0 Å². The lowest BCUT2D eigenvalue weighted by atomic mass is 9.98. The van der Waals surface area contributed by atoms with E-state index in [1.807, 2.05) is 10.8 Å². The molecule has 1 aromatic rings. The molecule has 2 heterocycles. The molecule has 1 aliphatic carbocycles. The standard InChI is InChI=1S/C15H19ClN2O3/c1-21-15(20)10-3-2-6-17(8-10)14(19)13-7-11(16)9-18(13)12-4-5-12/h7,9-10,12H,2-6,8H2,1H3/t10-/m0/s1. The molecule has 1 aliphatic heterocycles. The maximum absolute atomic E-state index is 12.7. The molecule has 0 spiro atoms. The van der Waals surface area contributed by atoms with E-state index in [9.17, 15) is 9.59 Å². The zero-order valence-electron chi connectivity index (χ0n) is 12.0. The van der Waals surface area contributed by atoms with E-state index in [1.165, 1.54) is 7.11 Å². The molecule has 1 saturated carbocycles. The van der Waals surface area contributed by atoms with Crippen LogP contribution in [-0.2, 0) is 9.53 Å². The van der Waals surface area contributed by atoms with Gasteiger partial charge in [-0.2, -0.15) is 0 Å². The van der Waals surface area contributed by atoms with Crippen LogP contribution < -0.4 is 0 Å². The first-order valence-electron chi connectivity index (χ1n) is 7.34. The zero-order valence-corrected chi connectivity index (χ0v) is 12.8. The predicted octanol–water partition coefficient (Wildman–Crippen LogP) is 2.50. The maximum Gasteiger partial charge on any atom is 0.310 e. The largest absolute Gasteiger partial charge is 0.469 e. The highest BCUT2D eigenvalue weighted by molar-refractivity contribution is 6.31. The van der Waals surface area contributed by atoms with E-state index in [-0.39, 0.29) is 17.8 Å². The molecule has 1 atom stereocenters. The highest BCUT2D eigenvalue weighted by atomic mass is 35.5. The van der Waals surface area contributed by atoms with Crippen molar-refractivity contribution in [3.05, 3.63) is 23.0 Å². The lowest BCUT2D eigenvalue weighted by molar-refractivity contribution is -0.146. The molecule has 1 saturated heterocycles. The molecule has 6 heteroatoms. The van der Waals surface area contributed by atoms with E-state index in [2.05, 4.69) is 0 Å². The van der Waals surface area contributed by atoms with Crippen LogP contribution in [0.5, 0.6) is 0 Å². The van der Waals surface area contributed by atoms with Gasteiger partial charge in [-0.05, 0) is 31.7 Å². The summed E-state index contributed by atoms with van der Waals surface area (Å²) in [6.45, 7) is 1.11. The summed E-state index contributed by atoms with van der Waals surface area (Å²) in [6, 6.07) is 2.13. The summed E-state index contributed by atoms with van der Waals surface area (Å²) in [5, 5.41) is 0.590. The Bertz CT molecular complexity index is 565. The maximum atomic E-state index is 12.7. The van der Waals surface area contributed by atoms with Crippen LogP contribution >= 0.6 is 11.6 Å². The molecular formula is C15H19ClN2O3. The fourth-order valence-corrected chi connectivity index (χ4v) is 3.16. The minimum atomic E-state index is -0.233. The fourth-order valence-electron chi connectivity index (χ4n) is 2.95. The molecule has 5 nitrogen and oxygen atoms in total. The van der Waals surface area contributed by atoms with Crippen LogP contribution in [0.25, 0.3) is 0 Å². The third kappa shape index (κ3) is 2.93. The van der Waals surface area contributed by atoms with Crippen molar-refractivity contribution in [3.8, 4) is 0 Å². The Morgan fingerprint density at radius 3 is 2.76 bits per heavy atom. The molecule has 0 aromatic carbocycles. The molecule has 0 radical (unpaired) electrons. The van der Waals surface area contributed by atoms with Crippen LogP contribution in [0.15, 0.2) is 12.3 Å². The van der Waals surface area contributed by atoms with Gasteiger partial charge in [0.05, 0.1) is 18.1 Å². The molecule has 114 valence electrons. The Morgan fingerprint density at radius 1 is 1.33 bits per heavy atom. The minimum absolute atomic E-state index is 0.0394. The van der Waals surface area contributed by atoms with Gasteiger partial charge in [-0.25, -0.2) is 0 Å². The van der Waals surface area contributed by atoms with E-state index in [0.29, 0.717) is 29.8 Å². The van der Waals surface area contributed by atoms with Crippen LogP contribution in [0, 0.1) is 5.92 Å². The van der Waals surface area contributed by atoms with Crippen LogP contribution in [0.1, 0.15) is 42.2 Å². The van der Waals surface area contributed by atoms with E-state index in [4.69, 9.17) is 16.3 Å². The number of ether oxygens (including phenoxy) is 1. The molecular weight excluding hydrogens is 292 g/mol. The molecule has 1 amide bonds. The van der Waals surface area contributed by atoms with Crippen LogP contribution in [-0.4, -0.2) is 41.5 Å². The Balaban J connectivity index is 1.77. The molecule has 3 rings (SSSR count). The molecule has 0 bridgehead atoms. The number of aromatic nitrogens is 1. The average molecular weight is 311 g/mol. The molecule has 2 aliphatic rings. The number of hydrogen-bond acceptors (Lipinski definition) is 3. The van der Waals surface area contributed by atoms with Gasteiger partial charge in [-0.3, -0.25) is 9.59 Å². The number of likely N-dealkylation sites (tertiary alicyclic amines) is 1. The van der Waals surface area contributed by atoms with Gasteiger partial charge in [0.1, 0.15) is 5.69 Å². The molecule has 1 aromatic heterocycles. The number of piperidine rings is 1. The lowest BCUT2D eigenvalue weighted by Crippen LogP contribution is -2.43. The van der Waals surface area contributed by atoms with Gasteiger partial charge in [0.15, 0.2) is 0 Å². The van der Waals surface area contributed by atoms with Gasteiger partial charge in [0, 0.05) is 25.3 Å². The number of nitrogens with zero attached hydrogens (tertiary/aromatic N) is 2. The highest BCUT2D eigenvalue weighted by Crippen LogP contribution is 2.38. The smallest absolute Gasteiger partial charge is 0.310 e. The third-order valence-electron chi connectivity index (χ3n) is 4.22. The Morgan fingerprint density at radius 2 is 2.10 bits per heavy atom. The predicted molar refractivity (Wildman–Crippen MR) is 78.4 cm³/mol. The van der Waals surface area contributed by atoms with Crippen molar-refractivity contribution in [2.45, 2.75) is 31.7 Å². The second-order valence-corrected chi connectivity index (χ2v) is 6.23. The second-order valence-electron chi connectivity index (χ2n) is 5.80. The van der Waals surface area contributed by atoms with Crippen molar-refractivity contribution in [1.29, 1.82) is 0 Å². The summed E-state index contributed by atoms with van der Waals surface area (Å²) in [5.74, 6) is -0.488. The Labute approximate surface area is 128 Å². The zero-order chi connectivity index (χ0) is 15.0. The van der Waals surface area contributed by atoms with Gasteiger partial charge in [-0.15, -0.1) is 0 Å². The Hall–Kier alpha value is -1.49. The van der Waals surface area contributed by atoms with Crippen molar-refractivity contribution in [2.75, 3.05) is 20.2 Å². The van der Waals surface area contributed by atoms with E-state index in [0.717, 1.165) is 25.7 Å². The van der Waals surface area contributed by atoms with Gasteiger partial charge in [0.2, 0.25) is 0 Å². The fraction of sp³-hybridized carbons (Fsp3) is 0.600. The average Bonchev–Trinajstić information content (AvgIpc) is 3.28. The number of carbonyl (C=O) groups is 2. The van der Waals surface area contributed by atoms with Crippen molar-refractivity contribution >= 4 is 23.5 Å². The quantitative estimate of drug-likeness (QED) is 0.806. The van der Waals surface area contributed by atoms with Gasteiger partial charge >= 0.3 is 5.97 Å². The number of carbonyl (C=O) groups excluding carboxylic acids is 2. The topological polar surface area (TPSA) is 51.5 Å². The summed E-state index contributed by atoms with van der Waals surface area (Å²) < 4.78 is 6.77. The molecule has 2 fully saturated rings. The minimum Gasteiger partial charge on any atom is -0.469 e. The molecule has 0 N–H and O–H groups in total. The van der Waals surface area contributed by atoms with Crippen molar-refractivity contribution in [1.82, 2.24) is 9.47 Å². The molecule has 0 unspecified atom stereocenters. The van der Waals surface area contributed by atoms with Crippen molar-refractivity contribution in [3.63, 3.8) is 0 Å². The van der Waals surface area contributed by atoms with Gasteiger partial charge in [0.25, 0.3) is 5.91 Å². The number of rotatable bonds is 3. The van der Waals surface area contributed by atoms with E-state index in [1.54, 1.807) is 11.0 Å². The number of esters is 1. The van der Waals surface area contributed by atoms with Crippen LogP contribution in [0.2, 0.25) is 5.02 Å².